The van der Waals surface area contributed by atoms with Gasteiger partial charge in [0.15, 0.2) is 0 Å². The molecule has 1 N–H and O–H groups in total. The van der Waals surface area contributed by atoms with Crippen molar-refractivity contribution in [3.63, 3.8) is 0 Å². The highest BCUT2D eigenvalue weighted by atomic mass is 15.2. The third-order valence-electron chi connectivity index (χ3n) is 3.64. The summed E-state index contributed by atoms with van der Waals surface area (Å²) in [4.78, 5) is 2.72. The van der Waals surface area contributed by atoms with Crippen LogP contribution in [0.2, 0.25) is 0 Å². The molecule has 0 aromatic carbocycles. The van der Waals surface area contributed by atoms with E-state index in [1.54, 1.807) is 0 Å². The first-order chi connectivity index (χ1) is 8.58. The summed E-state index contributed by atoms with van der Waals surface area (Å²) < 4.78 is 0. The highest BCUT2D eigenvalue weighted by molar-refractivity contribution is 4.77. The number of nitrogens with one attached hydrogen (secondary N) is 1. The van der Waals surface area contributed by atoms with Gasteiger partial charge in [-0.1, -0.05) is 48.0 Å². The fraction of sp³-hybridized carbons (Fsp3) is 1.00. The zero-order valence-corrected chi connectivity index (χ0v) is 13.6. The van der Waals surface area contributed by atoms with Crippen molar-refractivity contribution in [2.24, 2.45) is 5.92 Å². The molecule has 0 radical (unpaired) electrons. The van der Waals surface area contributed by atoms with E-state index in [-0.39, 0.29) is 0 Å². The lowest BCUT2D eigenvalue weighted by Crippen LogP contribution is -2.46. The van der Waals surface area contributed by atoms with Crippen LogP contribution >= 0.6 is 0 Å². The van der Waals surface area contributed by atoms with Crippen molar-refractivity contribution in [3.8, 4) is 0 Å². The monoisotopic (exact) mass is 256 g/mol. The lowest BCUT2D eigenvalue weighted by molar-refractivity contribution is 0.146. The average Bonchev–Trinajstić information content (AvgIpc) is 2.30. The van der Waals surface area contributed by atoms with Gasteiger partial charge < -0.3 is 5.32 Å². The van der Waals surface area contributed by atoms with Crippen LogP contribution < -0.4 is 5.32 Å². The first-order valence-electron chi connectivity index (χ1n) is 8.06. The second kappa shape index (κ2) is 10.8. The van der Waals surface area contributed by atoms with E-state index >= 15 is 0 Å². The molecule has 1 unspecified atom stereocenters. The van der Waals surface area contributed by atoms with Gasteiger partial charge in [-0.05, 0) is 31.7 Å². The van der Waals surface area contributed by atoms with Gasteiger partial charge in [-0.2, -0.15) is 0 Å². The lowest BCUT2D eigenvalue weighted by Gasteiger charge is -2.35. The molecule has 0 aromatic heterocycles. The van der Waals surface area contributed by atoms with E-state index in [1.165, 1.54) is 38.8 Å². The maximum atomic E-state index is 3.65. The zero-order chi connectivity index (χ0) is 14.0. The van der Waals surface area contributed by atoms with Crippen molar-refractivity contribution in [1.82, 2.24) is 10.2 Å². The molecule has 0 saturated heterocycles. The molecule has 0 aliphatic rings. The first kappa shape index (κ1) is 17.9. The molecule has 0 rings (SSSR count). The quantitative estimate of drug-likeness (QED) is 0.603. The predicted molar refractivity (Wildman–Crippen MR) is 83.2 cm³/mol. The molecule has 2 nitrogen and oxygen atoms in total. The number of hydrogen-bond acceptors (Lipinski definition) is 2. The number of nitrogens with zero attached hydrogens (tertiary/aromatic N) is 1. The fourth-order valence-corrected chi connectivity index (χ4v) is 2.82. The van der Waals surface area contributed by atoms with Crippen LogP contribution in [0.25, 0.3) is 0 Å². The summed E-state index contributed by atoms with van der Waals surface area (Å²) in [7, 11) is 0. The first-order valence-corrected chi connectivity index (χ1v) is 8.06. The van der Waals surface area contributed by atoms with Crippen LogP contribution in [0.15, 0.2) is 0 Å². The summed E-state index contributed by atoms with van der Waals surface area (Å²) in [6.45, 7) is 17.3. The maximum Gasteiger partial charge on any atom is 0.0194 e. The molecule has 0 heterocycles. The zero-order valence-electron chi connectivity index (χ0n) is 13.6. The van der Waals surface area contributed by atoms with Gasteiger partial charge in [0.2, 0.25) is 0 Å². The van der Waals surface area contributed by atoms with Crippen molar-refractivity contribution in [3.05, 3.63) is 0 Å². The Kier molecular flexibility index (Phi) is 10.8. The minimum absolute atomic E-state index is 0.666. The summed E-state index contributed by atoms with van der Waals surface area (Å²) in [5.74, 6) is 0.759. The Labute approximate surface area is 116 Å². The van der Waals surface area contributed by atoms with Crippen LogP contribution in [0.5, 0.6) is 0 Å². The summed E-state index contributed by atoms with van der Waals surface area (Å²) in [6.07, 6.45) is 5.11. The second-order valence-corrected chi connectivity index (χ2v) is 5.86. The number of likely N-dealkylation sites (N-methyl/N-ethyl adjacent to an activating group) is 1. The minimum atomic E-state index is 0.666. The van der Waals surface area contributed by atoms with Gasteiger partial charge in [-0.3, -0.25) is 4.90 Å². The van der Waals surface area contributed by atoms with Crippen LogP contribution in [0.3, 0.4) is 0 Å². The Morgan fingerprint density at radius 1 is 0.944 bits per heavy atom. The largest absolute Gasteiger partial charge is 0.313 e. The predicted octanol–water partition coefficient (Wildman–Crippen LogP) is 3.91. The smallest absolute Gasteiger partial charge is 0.0194 e. The van der Waals surface area contributed by atoms with Crippen molar-refractivity contribution in [1.29, 1.82) is 0 Å². The van der Waals surface area contributed by atoms with E-state index in [0.717, 1.165) is 18.5 Å². The minimum Gasteiger partial charge on any atom is -0.313 e. The van der Waals surface area contributed by atoms with Gasteiger partial charge in [0.1, 0.15) is 0 Å². The summed E-state index contributed by atoms with van der Waals surface area (Å²) in [5.41, 5.74) is 0. The van der Waals surface area contributed by atoms with E-state index in [0.29, 0.717) is 6.04 Å². The second-order valence-electron chi connectivity index (χ2n) is 5.86. The van der Waals surface area contributed by atoms with Crippen LogP contribution in [0.1, 0.15) is 67.2 Å². The summed E-state index contributed by atoms with van der Waals surface area (Å²) in [5, 5.41) is 3.65. The molecule has 0 bridgehead atoms. The Balaban J connectivity index is 4.51. The van der Waals surface area contributed by atoms with Gasteiger partial charge in [0, 0.05) is 25.2 Å². The van der Waals surface area contributed by atoms with Gasteiger partial charge in [0.25, 0.3) is 0 Å². The van der Waals surface area contributed by atoms with Crippen LogP contribution in [-0.4, -0.2) is 36.6 Å². The molecular formula is C16H36N2. The topological polar surface area (TPSA) is 15.3 Å². The van der Waals surface area contributed by atoms with E-state index in [1.807, 2.05) is 0 Å². The lowest BCUT2D eigenvalue weighted by atomic mass is 10.0. The SMILES string of the molecule is CCCC(CN(CC(C)C)C(CC)CC)NCC. The molecule has 0 saturated carbocycles. The molecule has 1 atom stereocenters. The molecular weight excluding hydrogens is 220 g/mol. The molecule has 0 aromatic rings. The third-order valence-corrected chi connectivity index (χ3v) is 3.64. The van der Waals surface area contributed by atoms with Crippen molar-refractivity contribution in [2.75, 3.05) is 19.6 Å². The fourth-order valence-electron chi connectivity index (χ4n) is 2.82. The molecule has 0 amide bonds. The molecule has 0 aliphatic carbocycles. The highest BCUT2D eigenvalue weighted by Crippen LogP contribution is 2.13. The number of rotatable bonds is 11. The van der Waals surface area contributed by atoms with E-state index in [9.17, 15) is 0 Å². The van der Waals surface area contributed by atoms with Crippen LogP contribution in [0.4, 0.5) is 0 Å². The summed E-state index contributed by atoms with van der Waals surface area (Å²) in [6, 6.07) is 1.42. The summed E-state index contributed by atoms with van der Waals surface area (Å²) >= 11 is 0. The molecule has 110 valence electrons. The van der Waals surface area contributed by atoms with Crippen molar-refractivity contribution in [2.45, 2.75) is 79.3 Å². The van der Waals surface area contributed by atoms with E-state index < -0.39 is 0 Å². The maximum absolute atomic E-state index is 3.65. The Morgan fingerprint density at radius 2 is 1.56 bits per heavy atom. The van der Waals surface area contributed by atoms with Crippen molar-refractivity contribution < 1.29 is 0 Å². The van der Waals surface area contributed by atoms with Gasteiger partial charge in [0.05, 0.1) is 0 Å². The third kappa shape index (κ3) is 7.38. The standard InChI is InChI=1S/C16H36N2/c1-7-11-15(17-10-4)13-18(12-14(5)6)16(8-2)9-3/h14-17H,7-13H2,1-6H3. The Hall–Kier alpha value is -0.0800. The van der Waals surface area contributed by atoms with Crippen LogP contribution in [0, 0.1) is 5.92 Å². The molecule has 2 heteroatoms. The molecule has 18 heavy (non-hydrogen) atoms. The number of hydrogen-bond donors (Lipinski definition) is 1. The van der Waals surface area contributed by atoms with Crippen molar-refractivity contribution >= 4 is 0 Å². The van der Waals surface area contributed by atoms with E-state index in [4.69, 9.17) is 0 Å². The van der Waals surface area contributed by atoms with Gasteiger partial charge in [-0.25, -0.2) is 0 Å². The molecule has 0 aliphatic heterocycles. The normalized spacial score (nSPS) is 13.8. The highest BCUT2D eigenvalue weighted by Gasteiger charge is 2.19. The van der Waals surface area contributed by atoms with E-state index in [2.05, 4.69) is 51.8 Å². The molecule has 0 fully saturated rings. The average molecular weight is 256 g/mol. The van der Waals surface area contributed by atoms with Crippen LogP contribution in [-0.2, 0) is 0 Å². The van der Waals surface area contributed by atoms with Gasteiger partial charge in [-0.15, -0.1) is 0 Å². The Morgan fingerprint density at radius 3 is 1.94 bits per heavy atom. The Bertz CT molecular complexity index is 170. The molecule has 0 spiro atoms. The van der Waals surface area contributed by atoms with Gasteiger partial charge >= 0.3 is 0 Å².